The molecule has 0 amide bonds. The number of aryl methyl sites for hydroxylation is 1. The van der Waals surface area contributed by atoms with E-state index in [4.69, 9.17) is 16.9 Å². The highest BCUT2D eigenvalue weighted by atomic mass is 35.5. The number of hydrogen-bond donors (Lipinski definition) is 1. The molecule has 2 nitrogen and oxygen atoms in total. The summed E-state index contributed by atoms with van der Waals surface area (Å²) in [5.74, 6) is 0. The monoisotopic (exact) mass is 256 g/mol. The van der Waals surface area contributed by atoms with E-state index in [1.54, 1.807) is 0 Å². The van der Waals surface area contributed by atoms with E-state index >= 15 is 0 Å². The second kappa shape index (κ2) is 5.57. The van der Waals surface area contributed by atoms with Gasteiger partial charge >= 0.3 is 0 Å². The second-order valence-electron chi connectivity index (χ2n) is 4.09. The van der Waals surface area contributed by atoms with E-state index in [2.05, 4.69) is 11.4 Å². The summed E-state index contributed by atoms with van der Waals surface area (Å²) in [4.78, 5) is 0. The van der Waals surface area contributed by atoms with Crippen LogP contribution < -0.4 is 5.32 Å². The van der Waals surface area contributed by atoms with E-state index in [-0.39, 0.29) is 0 Å². The van der Waals surface area contributed by atoms with Crippen molar-refractivity contribution in [3.8, 4) is 6.07 Å². The van der Waals surface area contributed by atoms with Crippen molar-refractivity contribution in [1.82, 2.24) is 0 Å². The molecule has 18 heavy (non-hydrogen) atoms. The molecule has 0 saturated carbocycles. The molecule has 0 radical (unpaired) electrons. The number of halogens is 1. The first-order chi connectivity index (χ1) is 8.70. The van der Waals surface area contributed by atoms with Gasteiger partial charge in [0, 0.05) is 11.6 Å². The van der Waals surface area contributed by atoms with Gasteiger partial charge in [-0.05, 0) is 36.2 Å². The van der Waals surface area contributed by atoms with E-state index in [9.17, 15) is 0 Å². The minimum atomic E-state index is 0.676. The summed E-state index contributed by atoms with van der Waals surface area (Å²) in [7, 11) is 0. The molecule has 0 aliphatic carbocycles. The topological polar surface area (TPSA) is 35.8 Å². The van der Waals surface area contributed by atoms with Gasteiger partial charge in [-0.15, -0.1) is 0 Å². The highest BCUT2D eigenvalue weighted by Gasteiger charge is 2.04. The Kier molecular flexibility index (Phi) is 3.86. The minimum absolute atomic E-state index is 0.676. The number of anilines is 1. The molecule has 2 aromatic rings. The molecule has 0 saturated heterocycles. The van der Waals surface area contributed by atoms with Crippen molar-refractivity contribution in [2.24, 2.45) is 0 Å². The Balaban J connectivity index is 2.14. The van der Waals surface area contributed by atoms with Gasteiger partial charge in [0.1, 0.15) is 6.07 Å². The van der Waals surface area contributed by atoms with Gasteiger partial charge in [-0.3, -0.25) is 0 Å². The molecule has 3 heteroatoms. The third kappa shape index (κ3) is 2.82. The van der Waals surface area contributed by atoms with Gasteiger partial charge in [0.05, 0.1) is 11.3 Å². The van der Waals surface area contributed by atoms with Crippen LogP contribution in [0.3, 0.4) is 0 Å². The first-order valence-corrected chi connectivity index (χ1v) is 6.06. The Morgan fingerprint density at radius 2 is 1.89 bits per heavy atom. The molecule has 0 bridgehead atoms. The quantitative estimate of drug-likeness (QED) is 0.896. The molecule has 2 aromatic carbocycles. The summed E-state index contributed by atoms with van der Waals surface area (Å²) in [6.07, 6.45) is 0. The molecule has 0 aromatic heterocycles. The Morgan fingerprint density at radius 3 is 2.56 bits per heavy atom. The van der Waals surface area contributed by atoms with Gasteiger partial charge in [-0.2, -0.15) is 5.26 Å². The fraction of sp³-hybridized carbons (Fsp3) is 0.133. The summed E-state index contributed by atoms with van der Waals surface area (Å²) >= 11 is 5.83. The third-order valence-corrected chi connectivity index (χ3v) is 3.03. The van der Waals surface area contributed by atoms with Gasteiger partial charge in [0.2, 0.25) is 0 Å². The molecule has 0 heterocycles. The van der Waals surface area contributed by atoms with Crippen molar-refractivity contribution in [2.45, 2.75) is 13.5 Å². The van der Waals surface area contributed by atoms with E-state index in [0.29, 0.717) is 12.1 Å². The van der Waals surface area contributed by atoms with Crippen molar-refractivity contribution in [3.05, 3.63) is 64.2 Å². The maximum absolute atomic E-state index is 9.13. The Morgan fingerprint density at radius 1 is 1.17 bits per heavy atom. The number of nitrogens with zero attached hydrogens (tertiary/aromatic N) is 1. The normalized spacial score (nSPS) is 9.83. The average molecular weight is 257 g/mol. The highest BCUT2D eigenvalue weighted by Crippen LogP contribution is 2.19. The molecule has 90 valence electrons. The fourth-order valence-corrected chi connectivity index (χ4v) is 1.89. The summed E-state index contributed by atoms with van der Waals surface area (Å²) in [5, 5.41) is 13.1. The molecule has 2 rings (SSSR count). The maximum atomic E-state index is 9.13. The van der Waals surface area contributed by atoms with Crippen molar-refractivity contribution in [2.75, 3.05) is 5.32 Å². The van der Waals surface area contributed by atoms with E-state index in [1.807, 2.05) is 49.4 Å². The lowest BCUT2D eigenvalue weighted by Gasteiger charge is -2.09. The molecule has 1 N–H and O–H groups in total. The molecule has 0 atom stereocenters. The molecule has 0 aliphatic heterocycles. The molecule has 0 unspecified atom stereocenters. The van der Waals surface area contributed by atoms with Gasteiger partial charge in [-0.1, -0.05) is 35.9 Å². The van der Waals surface area contributed by atoms with E-state index < -0.39 is 0 Å². The third-order valence-electron chi connectivity index (χ3n) is 2.78. The molecule has 0 fully saturated rings. The zero-order valence-electron chi connectivity index (χ0n) is 10.1. The lowest BCUT2D eigenvalue weighted by molar-refractivity contribution is 1.14. The lowest BCUT2D eigenvalue weighted by atomic mass is 10.1. The lowest BCUT2D eigenvalue weighted by Crippen LogP contribution is -2.02. The summed E-state index contributed by atoms with van der Waals surface area (Å²) < 4.78 is 0. The second-order valence-corrected chi connectivity index (χ2v) is 4.53. The maximum Gasteiger partial charge on any atom is 0.102 e. The molecular formula is C15H13ClN2. The van der Waals surface area contributed by atoms with Crippen molar-refractivity contribution in [1.29, 1.82) is 5.26 Å². The summed E-state index contributed by atoms with van der Waals surface area (Å²) in [6, 6.07) is 15.7. The van der Waals surface area contributed by atoms with Crippen molar-refractivity contribution >= 4 is 17.3 Å². The fourth-order valence-electron chi connectivity index (χ4n) is 1.76. The number of hydrogen-bond acceptors (Lipinski definition) is 2. The average Bonchev–Trinajstić information content (AvgIpc) is 2.38. The predicted octanol–water partition coefficient (Wildman–Crippen LogP) is 4.13. The van der Waals surface area contributed by atoms with Gasteiger partial charge < -0.3 is 5.32 Å². The number of benzene rings is 2. The predicted molar refractivity (Wildman–Crippen MR) is 74.7 cm³/mol. The van der Waals surface area contributed by atoms with Crippen molar-refractivity contribution in [3.63, 3.8) is 0 Å². The summed E-state index contributed by atoms with van der Waals surface area (Å²) in [6.45, 7) is 2.61. The number of nitrogens with one attached hydrogen (secondary N) is 1. The van der Waals surface area contributed by atoms with Crippen LogP contribution >= 0.6 is 11.6 Å². The van der Waals surface area contributed by atoms with Crippen LogP contribution in [0.5, 0.6) is 0 Å². The minimum Gasteiger partial charge on any atom is -0.380 e. The van der Waals surface area contributed by atoms with Crippen LogP contribution in [0.4, 0.5) is 5.69 Å². The van der Waals surface area contributed by atoms with E-state index in [0.717, 1.165) is 21.8 Å². The Bertz CT molecular complexity index is 582. The van der Waals surface area contributed by atoms with Crippen LogP contribution in [0.15, 0.2) is 42.5 Å². The molecule has 0 spiro atoms. The van der Waals surface area contributed by atoms with Crippen LogP contribution in [0, 0.1) is 18.3 Å². The summed E-state index contributed by atoms with van der Waals surface area (Å²) in [5.41, 5.74) is 3.68. The zero-order chi connectivity index (χ0) is 13.0. The smallest absolute Gasteiger partial charge is 0.102 e. The number of rotatable bonds is 3. The van der Waals surface area contributed by atoms with E-state index in [1.165, 1.54) is 0 Å². The van der Waals surface area contributed by atoms with Gasteiger partial charge in [-0.25, -0.2) is 0 Å². The highest BCUT2D eigenvalue weighted by molar-refractivity contribution is 6.30. The van der Waals surface area contributed by atoms with Crippen LogP contribution in [0.1, 0.15) is 16.7 Å². The standard InChI is InChI=1S/C15H13ClN2/c1-11-3-2-4-15(14(11)9-17)18-10-12-5-7-13(16)8-6-12/h2-8,18H,10H2,1H3. The van der Waals surface area contributed by atoms with Gasteiger partial charge in [0.15, 0.2) is 0 Å². The molecular weight excluding hydrogens is 244 g/mol. The zero-order valence-corrected chi connectivity index (χ0v) is 10.8. The largest absolute Gasteiger partial charge is 0.380 e. The van der Waals surface area contributed by atoms with Gasteiger partial charge in [0.25, 0.3) is 0 Å². The number of nitriles is 1. The van der Waals surface area contributed by atoms with Crippen LogP contribution in [0.2, 0.25) is 5.02 Å². The first-order valence-electron chi connectivity index (χ1n) is 5.69. The first kappa shape index (κ1) is 12.5. The SMILES string of the molecule is Cc1cccc(NCc2ccc(Cl)cc2)c1C#N. The molecule has 0 aliphatic rings. The van der Waals surface area contributed by atoms with Crippen molar-refractivity contribution < 1.29 is 0 Å². The van der Waals surface area contributed by atoms with Crippen LogP contribution in [-0.4, -0.2) is 0 Å². The van der Waals surface area contributed by atoms with Crippen LogP contribution in [0.25, 0.3) is 0 Å². The van der Waals surface area contributed by atoms with Crippen LogP contribution in [-0.2, 0) is 6.54 Å². The Hall–Kier alpha value is -1.98. The Labute approximate surface area is 112 Å².